The quantitative estimate of drug-likeness (QED) is 0.704. The minimum atomic E-state index is -1.02. The average molecular weight is 262 g/mol. The number of nitrogens with two attached hydrogens (primary N) is 1. The molecule has 0 bridgehead atoms. The van der Waals surface area contributed by atoms with Crippen LogP contribution in [-0.2, 0) is 9.59 Å². The van der Waals surface area contributed by atoms with Gasteiger partial charge in [0.2, 0.25) is 5.91 Å². The second kappa shape index (κ2) is 6.70. The molecule has 1 aromatic carbocycles. The van der Waals surface area contributed by atoms with Gasteiger partial charge in [0.15, 0.2) is 0 Å². The van der Waals surface area contributed by atoms with E-state index >= 15 is 0 Å². The number of hydrogen-bond donors (Lipinski definition) is 3. The molecule has 0 aromatic heterocycles. The lowest BCUT2D eigenvalue weighted by Crippen LogP contribution is -2.39. The molecular weight excluding hydrogens is 244 g/mol. The summed E-state index contributed by atoms with van der Waals surface area (Å²) in [4.78, 5) is 22.2. The number of aliphatic carboxylic acids is 1. The van der Waals surface area contributed by atoms with E-state index in [1.165, 1.54) is 6.08 Å². The Kier molecular flexibility index (Phi) is 5.26. The van der Waals surface area contributed by atoms with Crippen molar-refractivity contribution in [2.45, 2.75) is 19.9 Å². The number of carboxylic acids is 1. The predicted octanol–water partition coefficient (Wildman–Crippen LogP) is 1.71. The van der Waals surface area contributed by atoms with Crippen LogP contribution >= 0.6 is 0 Å². The Bertz CT molecular complexity index is 495. The average Bonchev–Trinajstić information content (AvgIpc) is 2.35. The molecular formula is C14H18N2O3. The highest BCUT2D eigenvalue weighted by Crippen LogP contribution is 2.13. The van der Waals surface area contributed by atoms with E-state index in [0.717, 1.165) is 6.08 Å². The fraction of sp³-hybridized carbons (Fsp3) is 0.286. The van der Waals surface area contributed by atoms with Crippen molar-refractivity contribution in [2.75, 3.05) is 5.32 Å². The fourth-order valence-electron chi connectivity index (χ4n) is 1.42. The van der Waals surface area contributed by atoms with Crippen LogP contribution in [0.1, 0.15) is 19.4 Å². The normalized spacial score (nSPS) is 12.6. The highest BCUT2D eigenvalue weighted by atomic mass is 16.4. The number of carbonyl (C=O) groups excluding carboxylic acids is 1. The summed E-state index contributed by atoms with van der Waals surface area (Å²) >= 11 is 0. The first-order valence-electron chi connectivity index (χ1n) is 5.97. The number of hydrogen-bond acceptors (Lipinski definition) is 3. The molecule has 1 aromatic rings. The van der Waals surface area contributed by atoms with Gasteiger partial charge in [0.05, 0.1) is 6.04 Å². The van der Waals surface area contributed by atoms with Crippen LogP contribution in [0.4, 0.5) is 5.69 Å². The summed E-state index contributed by atoms with van der Waals surface area (Å²) in [6.07, 6.45) is 2.50. The number of anilines is 1. The van der Waals surface area contributed by atoms with Crippen LogP contribution in [0.2, 0.25) is 0 Å². The van der Waals surface area contributed by atoms with Crippen LogP contribution in [0.5, 0.6) is 0 Å². The third kappa shape index (κ3) is 4.93. The molecule has 19 heavy (non-hydrogen) atoms. The topological polar surface area (TPSA) is 92.4 Å². The van der Waals surface area contributed by atoms with Gasteiger partial charge in [0.1, 0.15) is 0 Å². The third-order valence-corrected chi connectivity index (χ3v) is 2.59. The largest absolute Gasteiger partial charge is 0.478 e. The Hall–Kier alpha value is -2.14. The van der Waals surface area contributed by atoms with Crippen molar-refractivity contribution in [3.63, 3.8) is 0 Å². The maximum atomic E-state index is 11.8. The van der Waals surface area contributed by atoms with Gasteiger partial charge in [-0.25, -0.2) is 4.79 Å². The second-order valence-corrected chi connectivity index (χ2v) is 4.56. The number of nitrogens with one attached hydrogen (secondary N) is 1. The van der Waals surface area contributed by atoms with Crippen LogP contribution < -0.4 is 11.1 Å². The summed E-state index contributed by atoms with van der Waals surface area (Å²) in [6, 6.07) is 6.32. The van der Waals surface area contributed by atoms with E-state index in [0.29, 0.717) is 11.3 Å². The zero-order valence-corrected chi connectivity index (χ0v) is 11.0. The van der Waals surface area contributed by atoms with Crippen LogP contribution in [-0.4, -0.2) is 23.0 Å². The van der Waals surface area contributed by atoms with E-state index in [1.807, 2.05) is 13.8 Å². The van der Waals surface area contributed by atoms with E-state index in [9.17, 15) is 9.59 Å². The van der Waals surface area contributed by atoms with Gasteiger partial charge < -0.3 is 16.2 Å². The second-order valence-electron chi connectivity index (χ2n) is 4.56. The van der Waals surface area contributed by atoms with Crippen LogP contribution in [0.25, 0.3) is 6.08 Å². The molecule has 0 aliphatic carbocycles. The Labute approximate surface area is 112 Å². The van der Waals surface area contributed by atoms with Crippen LogP contribution in [0.15, 0.2) is 30.3 Å². The lowest BCUT2D eigenvalue weighted by Gasteiger charge is -2.15. The molecule has 0 saturated heterocycles. The number of rotatable bonds is 5. The molecule has 0 aliphatic heterocycles. The Balaban J connectivity index is 2.77. The number of benzene rings is 1. The predicted molar refractivity (Wildman–Crippen MR) is 74.6 cm³/mol. The molecule has 0 heterocycles. The molecule has 4 N–H and O–H groups in total. The lowest BCUT2D eigenvalue weighted by molar-refractivity contribution is -0.131. The summed E-state index contributed by atoms with van der Waals surface area (Å²) in [6.45, 7) is 3.74. The summed E-state index contributed by atoms with van der Waals surface area (Å²) in [5.41, 5.74) is 7.02. The Morgan fingerprint density at radius 1 is 1.37 bits per heavy atom. The molecule has 0 fully saturated rings. The van der Waals surface area contributed by atoms with Crippen molar-refractivity contribution < 1.29 is 14.7 Å². The van der Waals surface area contributed by atoms with Gasteiger partial charge in [0.25, 0.3) is 0 Å². The van der Waals surface area contributed by atoms with Gasteiger partial charge in [-0.3, -0.25) is 4.79 Å². The molecule has 0 radical (unpaired) electrons. The minimum Gasteiger partial charge on any atom is -0.478 e. The zero-order valence-electron chi connectivity index (χ0n) is 11.0. The summed E-state index contributed by atoms with van der Waals surface area (Å²) in [5, 5.41) is 11.3. The van der Waals surface area contributed by atoms with E-state index in [2.05, 4.69) is 5.32 Å². The Morgan fingerprint density at radius 2 is 2.05 bits per heavy atom. The van der Waals surface area contributed by atoms with E-state index in [-0.39, 0.29) is 11.8 Å². The monoisotopic (exact) mass is 262 g/mol. The molecule has 5 nitrogen and oxygen atoms in total. The van der Waals surface area contributed by atoms with E-state index in [1.54, 1.807) is 24.3 Å². The van der Waals surface area contributed by atoms with Crippen molar-refractivity contribution in [3.8, 4) is 0 Å². The molecule has 1 amide bonds. The summed E-state index contributed by atoms with van der Waals surface area (Å²) < 4.78 is 0. The number of amides is 1. The lowest BCUT2D eigenvalue weighted by atomic mass is 10.0. The standard InChI is InChI=1S/C14H18N2O3/c1-9(2)13(15)14(19)16-11-5-3-4-10(8-11)6-7-12(17)18/h3-9,13H,15H2,1-2H3,(H,16,19)(H,17,18)/b7-6+/t13-/m1/s1. The first-order chi connectivity index (χ1) is 8.90. The summed E-state index contributed by atoms with van der Waals surface area (Å²) in [5.74, 6) is -1.22. The smallest absolute Gasteiger partial charge is 0.328 e. The molecule has 0 unspecified atom stereocenters. The Morgan fingerprint density at radius 3 is 2.63 bits per heavy atom. The van der Waals surface area contributed by atoms with Crippen molar-refractivity contribution in [3.05, 3.63) is 35.9 Å². The highest BCUT2D eigenvalue weighted by molar-refractivity contribution is 5.95. The summed E-state index contributed by atoms with van der Waals surface area (Å²) in [7, 11) is 0. The van der Waals surface area contributed by atoms with Gasteiger partial charge in [-0.2, -0.15) is 0 Å². The van der Waals surface area contributed by atoms with E-state index in [4.69, 9.17) is 10.8 Å². The maximum Gasteiger partial charge on any atom is 0.328 e. The van der Waals surface area contributed by atoms with Crippen molar-refractivity contribution in [2.24, 2.45) is 11.7 Å². The van der Waals surface area contributed by atoms with Crippen LogP contribution in [0.3, 0.4) is 0 Å². The zero-order chi connectivity index (χ0) is 14.4. The molecule has 0 spiro atoms. The first-order valence-corrected chi connectivity index (χ1v) is 5.97. The van der Waals surface area contributed by atoms with Crippen molar-refractivity contribution >= 4 is 23.6 Å². The molecule has 0 saturated carbocycles. The number of carbonyl (C=O) groups is 2. The molecule has 102 valence electrons. The van der Waals surface area contributed by atoms with Gasteiger partial charge >= 0.3 is 5.97 Å². The first kappa shape index (κ1) is 14.9. The third-order valence-electron chi connectivity index (χ3n) is 2.59. The number of carboxylic acid groups (broad SMARTS) is 1. The molecule has 5 heteroatoms. The maximum absolute atomic E-state index is 11.8. The fourth-order valence-corrected chi connectivity index (χ4v) is 1.42. The van der Waals surface area contributed by atoms with Gasteiger partial charge in [-0.1, -0.05) is 26.0 Å². The molecule has 1 rings (SSSR count). The SMILES string of the molecule is CC(C)[C@@H](N)C(=O)Nc1cccc(/C=C/C(=O)O)c1. The van der Waals surface area contributed by atoms with Crippen molar-refractivity contribution in [1.29, 1.82) is 0 Å². The van der Waals surface area contributed by atoms with Crippen LogP contribution in [0, 0.1) is 5.92 Å². The van der Waals surface area contributed by atoms with Gasteiger partial charge in [-0.15, -0.1) is 0 Å². The van der Waals surface area contributed by atoms with Gasteiger partial charge in [-0.05, 0) is 29.7 Å². The molecule has 0 aliphatic rings. The molecule has 1 atom stereocenters. The highest BCUT2D eigenvalue weighted by Gasteiger charge is 2.16. The minimum absolute atomic E-state index is 0.0510. The van der Waals surface area contributed by atoms with Gasteiger partial charge in [0, 0.05) is 11.8 Å². The van der Waals surface area contributed by atoms with Crippen molar-refractivity contribution in [1.82, 2.24) is 0 Å². The van der Waals surface area contributed by atoms with E-state index < -0.39 is 12.0 Å².